The van der Waals surface area contributed by atoms with Crippen molar-refractivity contribution in [3.63, 3.8) is 0 Å². The summed E-state index contributed by atoms with van der Waals surface area (Å²) in [7, 11) is -1.49. The highest BCUT2D eigenvalue weighted by Gasteiger charge is 2.27. The normalized spacial score (nSPS) is 15.5. The van der Waals surface area contributed by atoms with E-state index < -0.39 is 10.0 Å². The molecule has 2 aromatic carbocycles. The van der Waals surface area contributed by atoms with Gasteiger partial charge in [-0.2, -0.15) is 4.31 Å². The standard InChI is InChI=1S/C24H32N4O3S/c1-5-28-23-10-9-21(32(29,30)27-11-13-31-14-12-27)16-22(23)25-24(28)17-26(4)20-8-6-7-19(15-20)18(2)3/h6-10,15-16,18H,5,11-14,17H2,1-4H3. The van der Waals surface area contributed by atoms with Crippen LogP contribution in [-0.2, 0) is 27.8 Å². The molecular weight excluding hydrogens is 424 g/mol. The molecule has 2 heterocycles. The summed E-state index contributed by atoms with van der Waals surface area (Å²) in [6.07, 6.45) is 0. The smallest absolute Gasteiger partial charge is 0.243 e. The quantitative estimate of drug-likeness (QED) is 0.540. The van der Waals surface area contributed by atoms with Crippen LogP contribution in [0.1, 0.15) is 38.1 Å². The minimum atomic E-state index is -3.55. The van der Waals surface area contributed by atoms with Crippen molar-refractivity contribution in [1.82, 2.24) is 13.9 Å². The second-order valence-electron chi connectivity index (χ2n) is 8.55. The number of nitrogens with zero attached hydrogens (tertiary/aromatic N) is 4. The van der Waals surface area contributed by atoms with Crippen molar-refractivity contribution < 1.29 is 13.2 Å². The molecule has 32 heavy (non-hydrogen) atoms. The van der Waals surface area contributed by atoms with Crippen LogP contribution in [0.25, 0.3) is 11.0 Å². The topological polar surface area (TPSA) is 67.7 Å². The Kier molecular flexibility index (Phi) is 6.55. The van der Waals surface area contributed by atoms with Gasteiger partial charge in [0.1, 0.15) is 5.82 Å². The fourth-order valence-electron chi connectivity index (χ4n) is 4.15. The third-order valence-corrected chi connectivity index (χ3v) is 7.97. The first-order chi connectivity index (χ1) is 15.3. The minimum absolute atomic E-state index is 0.289. The predicted molar refractivity (Wildman–Crippen MR) is 128 cm³/mol. The van der Waals surface area contributed by atoms with Gasteiger partial charge in [-0.05, 0) is 48.7 Å². The third-order valence-electron chi connectivity index (χ3n) is 6.08. The molecule has 0 N–H and O–H groups in total. The van der Waals surface area contributed by atoms with E-state index in [-0.39, 0.29) is 4.90 Å². The maximum absolute atomic E-state index is 13.1. The van der Waals surface area contributed by atoms with Crippen molar-refractivity contribution in [2.45, 2.75) is 44.7 Å². The number of anilines is 1. The van der Waals surface area contributed by atoms with Crippen LogP contribution in [0.2, 0.25) is 0 Å². The second kappa shape index (κ2) is 9.21. The van der Waals surface area contributed by atoms with Crippen LogP contribution in [-0.4, -0.2) is 55.6 Å². The van der Waals surface area contributed by atoms with Gasteiger partial charge in [0, 0.05) is 32.4 Å². The van der Waals surface area contributed by atoms with Crippen molar-refractivity contribution in [3.8, 4) is 0 Å². The van der Waals surface area contributed by atoms with E-state index in [2.05, 4.69) is 61.6 Å². The number of ether oxygens (including phenoxy) is 1. The second-order valence-corrected chi connectivity index (χ2v) is 10.5. The fourth-order valence-corrected chi connectivity index (χ4v) is 5.58. The van der Waals surface area contributed by atoms with Gasteiger partial charge in [-0.3, -0.25) is 0 Å². The van der Waals surface area contributed by atoms with E-state index in [0.717, 1.165) is 23.6 Å². The van der Waals surface area contributed by atoms with E-state index in [1.54, 1.807) is 12.1 Å². The van der Waals surface area contributed by atoms with Crippen LogP contribution >= 0.6 is 0 Å². The van der Waals surface area contributed by atoms with E-state index in [1.165, 1.54) is 9.87 Å². The predicted octanol–water partition coefficient (Wildman–Crippen LogP) is 3.84. The summed E-state index contributed by atoms with van der Waals surface area (Å²) in [6, 6.07) is 13.8. The van der Waals surface area contributed by atoms with Gasteiger partial charge in [0.25, 0.3) is 0 Å². The summed E-state index contributed by atoms with van der Waals surface area (Å²) < 4.78 is 35.1. The molecule has 4 rings (SSSR count). The van der Waals surface area contributed by atoms with Gasteiger partial charge >= 0.3 is 0 Å². The van der Waals surface area contributed by atoms with Crippen molar-refractivity contribution in [3.05, 3.63) is 53.9 Å². The number of sulfonamides is 1. The third kappa shape index (κ3) is 4.40. The Morgan fingerprint density at radius 1 is 1.12 bits per heavy atom. The van der Waals surface area contributed by atoms with E-state index in [9.17, 15) is 8.42 Å². The Balaban J connectivity index is 1.65. The first-order valence-corrected chi connectivity index (χ1v) is 12.6. The Bertz CT molecular complexity index is 1200. The number of imidazole rings is 1. The first-order valence-electron chi connectivity index (χ1n) is 11.2. The molecule has 0 atom stereocenters. The molecule has 0 amide bonds. The molecule has 1 saturated heterocycles. The number of morpholine rings is 1. The van der Waals surface area contributed by atoms with Gasteiger partial charge in [-0.25, -0.2) is 13.4 Å². The SMILES string of the molecule is CCn1c(CN(C)c2cccc(C(C)C)c2)nc2cc(S(=O)(=O)N3CCOCC3)ccc21. The zero-order valence-corrected chi connectivity index (χ0v) is 20.1. The van der Waals surface area contributed by atoms with Crippen LogP contribution in [0.3, 0.4) is 0 Å². The Morgan fingerprint density at radius 3 is 2.56 bits per heavy atom. The van der Waals surface area contributed by atoms with Gasteiger partial charge in [0.15, 0.2) is 0 Å². The molecule has 172 valence electrons. The highest BCUT2D eigenvalue weighted by Crippen LogP contribution is 2.26. The molecule has 3 aromatic rings. The van der Waals surface area contributed by atoms with Gasteiger partial charge in [-0.1, -0.05) is 26.0 Å². The lowest BCUT2D eigenvalue weighted by Crippen LogP contribution is -2.40. The highest BCUT2D eigenvalue weighted by atomic mass is 32.2. The van der Waals surface area contributed by atoms with Crippen LogP contribution in [0.5, 0.6) is 0 Å². The summed E-state index contributed by atoms with van der Waals surface area (Å²) in [5, 5.41) is 0. The number of aromatic nitrogens is 2. The summed E-state index contributed by atoms with van der Waals surface area (Å²) in [5.74, 6) is 1.39. The zero-order valence-electron chi connectivity index (χ0n) is 19.3. The summed E-state index contributed by atoms with van der Waals surface area (Å²) in [5.41, 5.74) is 4.10. The van der Waals surface area contributed by atoms with Crippen molar-refractivity contribution in [2.24, 2.45) is 0 Å². The number of benzene rings is 2. The Labute approximate surface area is 190 Å². The molecule has 0 saturated carbocycles. The van der Waals surface area contributed by atoms with Crippen molar-refractivity contribution >= 4 is 26.7 Å². The summed E-state index contributed by atoms with van der Waals surface area (Å²) in [6.45, 7) is 9.50. The lowest BCUT2D eigenvalue weighted by atomic mass is 10.0. The molecular formula is C24H32N4O3S. The number of fused-ring (bicyclic) bond motifs is 1. The lowest BCUT2D eigenvalue weighted by molar-refractivity contribution is 0.0730. The molecule has 0 aliphatic carbocycles. The summed E-state index contributed by atoms with van der Waals surface area (Å²) in [4.78, 5) is 7.31. The fraction of sp³-hybridized carbons (Fsp3) is 0.458. The van der Waals surface area contributed by atoms with Gasteiger partial charge < -0.3 is 14.2 Å². The average Bonchev–Trinajstić information content (AvgIpc) is 3.15. The number of hydrogen-bond acceptors (Lipinski definition) is 5. The maximum atomic E-state index is 13.1. The van der Waals surface area contributed by atoms with Gasteiger partial charge in [0.2, 0.25) is 10.0 Å². The van der Waals surface area contributed by atoms with Crippen LogP contribution in [0, 0.1) is 0 Å². The zero-order chi connectivity index (χ0) is 22.9. The van der Waals surface area contributed by atoms with E-state index in [1.807, 2.05) is 6.07 Å². The molecule has 0 unspecified atom stereocenters. The maximum Gasteiger partial charge on any atom is 0.243 e. The molecule has 1 aromatic heterocycles. The molecule has 0 bridgehead atoms. The molecule has 0 spiro atoms. The molecule has 1 fully saturated rings. The van der Waals surface area contributed by atoms with Gasteiger partial charge in [0.05, 0.1) is 35.7 Å². The van der Waals surface area contributed by atoms with Crippen molar-refractivity contribution in [2.75, 3.05) is 38.3 Å². The molecule has 7 nitrogen and oxygen atoms in total. The lowest BCUT2D eigenvalue weighted by Gasteiger charge is -2.26. The Hall–Kier alpha value is -2.42. The monoisotopic (exact) mass is 456 g/mol. The highest BCUT2D eigenvalue weighted by molar-refractivity contribution is 7.89. The van der Waals surface area contributed by atoms with E-state index >= 15 is 0 Å². The molecule has 1 aliphatic heterocycles. The van der Waals surface area contributed by atoms with E-state index in [0.29, 0.717) is 44.3 Å². The van der Waals surface area contributed by atoms with Crippen LogP contribution in [0.15, 0.2) is 47.4 Å². The number of aryl methyl sites for hydroxylation is 1. The number of rotatable bonds is 7. The number of hydrogen-bond donors (Lipinski definition) is 0. The van der Waals surface area contributed by atoms with Crippen molar-refractivity contribution in [1.29, 1.82) is 0 Å². The molecule has 8 heteroatoms. The first kappa shape index (κ1) is 22.8. The van der Waals surface area contributed by atoms with Crippen LogP contribution in [0.4, 0.5) is 5.69 Å². The Morgan fingerprint density at radius 2 is 1.88 bits per heavy atom. The minimum Gasteiger partial charge on any atom is -0.379 e. The average molecular weight is 457 g/mol. The largest absolute Gasteiger partial charge is 0.379 e. The van der Waals surface area contributed by atoms with Gasteiger partial charge in [-0.15, -0.1) is 0 Å². The molecule has 1 aliphatic rings. The molecule has 0 radical (unpaired) electrons. The van der Waals surface area contributed by atoms with Crippen LogP contribution < -0.4 is 4.90 Å². The van der Waals surface area contributed by atoms with E-state index in [4.69, 9.17) is 9.72 Å². The summed E-state index contributed by atoms with van der Waals surface area (Å²) >= 11 is 0.